The number of aliphatic hydroxyl groups is 1. The molecule has 10 heavy (non-hydrogen) atoms. The average molecular weight is 162 g/mol. The van der Waals surface area contributed by atoms with Crippen molar-refractivity contribution in [1.82, 2.24) is 0 Å². The highest BCUT2D eigenvalue weighted by Gasteiger charge is 2.21. The van der Waals surface area contributed by atoms with Crippen LogP contribution in [0.2, 0.25) is 0 Å². The molecule has 0 aliphatic carbocycles. The topological polar surface area (TPSA) is 29.5 Å². The maximum Gasteiger partial charge on any atom is 0.171 e. The van der Waals surface area contributed by atoms with E-state index in [1.165, 1.54) is 6.42 Å². The molecule has 1 atom stereocenters. The molecule has 0 spiro atoms. The first-order chi connectivity index (χ1) is 4.71. The molecule has 0 saturated carbocycles. The number of thioether (sulfide) groups is 1. The quantitative estimate of drug-likeness (QED) is 0.581. The largest absolute Gasteiger partial charge is 0.365 e. The Labute approximate surface area is 66.0 Å². The summed E-state index contributed by atoms with van der Waals surface area (Å²) in [5.41, 5.74) is 0. The van der Waals surface area contributed by atoms with Crippen LogP contribution in [-0.2, 0) is 4.74 Å². The van der Waals surface area contributed by atoms with Crippen LogP contribution in [0.15, 0.2) is 0 Å². The Morgan fingerprint density at radius 2 is 2.30 bits per heavy atom. The molecule has 60 valence electrons. The molecule has 1 unspecified atom stereocenters. The highest BCUT2D eigenvalue weighted by atomic mass is 32.2. The number of rotatable bonds is 0. The summed E-state index contributed by atoms with van der Waals surface area (Å²) in [6.45, 7) is 2.43. The first-order valence-corrected chi connectivity index (χ1v) is 4.80. The zero-order chi connectivity index (χ0) is 7.45. The monoisotopic (exact) mass is 162 g/mol. The molecule has 1 saturated heterocycles. The molecular weight excluding hydrogens is 148 g/mol. The normalized spacial score (nSPS) is 36.6. The maximum atomic E-state index is 9.44. The molecule has 2 nitrogen and oxygen atoms in total. The van der Waals surface area contributed by atoms with E-state index in [-0.39, 0.29) is 0 Å². The zero-order valence-electron chi connectivity index (χ0n) is 6.30. The molecule has 1 fully saturated rings. The first kappa shape index (κ1) is 8.37. The van der Waals surface area contributed by atoms with Crippen LogP contribution in [0, 0.1) is 0 Å². The van der Waals surface area contributed by atoms with Gasteiger partial charge in [-0.1, -0.05) is 0 Å². The van der Waals surface area contributed by atoms with Crippen molar-refractivity contribution in [2.45, 2.75) is 25.6 Å². The summed E-state index contributed by atoms with van der Waals surface area (Å²) < 4.78 is 5.20. The summed E-state index contributed by atoms with van der Waals surface area (Å²) >= 11 is 1.76. The number of hydrogen-bond acceptors (Lipinski definition) is 3. The Bertz CT molecular complexity index is 93.8. The van der Waals surface area contributed by atoms with Crippen LogP contribution in [-0.4, -0.2) is 29.0 Å². The average Bonchev–Trinajstić information content (AvgIpc) is 1.81. The Hall–Kier alpha value is 0.270. The lowest BCUT2D eigenvalue weighted by Crippen LogP contribution is -2.32. The summed E-state index contributed by atoms with van der Waals surface area (Å²) in [4.78, 5) is 0. The van der Waals surface area contributed by atoms with Crippen molar-refractivity contribution in [3.8, 4) is 0 Å². The minimum Gasteiger partial charge on any atom is -0.365 e. The van der Waals surface area contributed by atoms with E-state index in [1.54, 1.807) is 18.7 Å². The Morgan fingerprint density at radius 1 is 1.50 bits per heavy atom. The molecule has 1 rings (SSSR count). The third-order valence-electron chi connectivity index (χ3n) is 1.47. The van der Waals surface area contributed by atoms with Gasteiger partial charge in [0.2, 0.25) is 0 Å². The number of hydrogen-bond donors (Lipinski definition) is 1. The second-order valence-electron chi connectivity index (χ2n) is 2.78. The van der Waals surface area contributed by atoms with Gasteiger partial charge in [0.1, 0.15) is 0 Å². The molecule has 0 aromatic carbocycles. The fourth-order valence-electron chi connectivity index (χ4n) is 0.901. The van der Waals surface area contributed by atoms with E-state index in [2.05, 4.69) is 0 Å². The van der Waals surface area contributed by atoms with Crippen molar-refractivity contribution in [3.63, 3.8) is 0 Å². The molecule has 1 N–H and O–H groups in total. The van der Waals surface area contributed by atoms with Crippen molar-refractivity contribution >= 4 is 11.8 Å². The Morgan fingerprint density at radius 3 is 3.10 bits per heavy atom. The van der Waals surface area contributed by atoms with Gasteiger partial charge < -0.3 is 9.84 Å². The fraction of sp³-hybridized carbons (Fsp3) is 1.00. The maximum absolute atomic E-state index is 9.44. The predicted octanol–water partition coefficient (Wildman–Crippen LogP) is 1.24. The predicted molar refractivity (Wildman–Crippen MR) is 43.1 cm³/mol. The minimum atomic E-state index is -0.884. The second-order valence-corrected chi connectivity index (χ2v) is 3.89. The van der Waals surface area contributed by atoms with Gasteiger partial charge in [-0.3, -0.25) is 0 Å². The van der Waals surface area contributed by atoms with E-state index in [0.29, 0.717) is 12.4 Å². The van der Waals surface area contributed by atoms with Gasteiger partial charge >= 0.3 is 0 Å². The van der Waals surface area contributed by atoms with Crippen LogP contribution in [0.25, 0.3) is 0 Å². The molecule has 1 aliphatic rings. The van der Waals surface area contributed by atoms with E-state index in [0.717, 1.165) is 12.2 Å². The summed E-state index contributed by atoms with van der Waals surface area (Å²) in [5.74, 6) is 0.970. The lowest BCUT2D eigenvalue weighted by atomic mass is 10.3. The van der Waals surface area contributed by atoms with Crippen LogP contribution in [0.3, 0.4) is 0 Å². The molecule has 0 bridgehead atoms. The van der Waals surface area contributed by atoms with Crippen molar-refractivity contribution in [3.05, 3.63) is 0 Å². The lowest BCUT2D eigenvalue weighted by molar-refractivity contribution is -0.173. The standard InChI is InChI=1S/C7H14O2S/c1-7(8)6-10-5-3-2-4-9-7/h8H,2-6H2,1H3. The van der Waals surface area contributed by atoms with E-state index in [1.807, 2.05) is 0 Å². The van der Waals surface area contributed by atoms with Gasteiger partial charge in [-0.05, 0) is 25.5 Å². The summed E-state index contributed by atoms with van der Waals surface area (Å²) in [7, 11) is 0. The lowest BCUT2D eigenvalue weighted by Gasteiger charge is -2.25. The van der Waals surface area contributed by atoms with E-state index >= 15 is 0 Å². The summed E-state index contributed by atoms with van der Waals surface area (Å²) in [6.07, 6.45) is 2.28. The third kappa shape index (κ3) is 2.90. The smallest absolute Gasteiger partial charge is 0.171 e. The van der Waals surface area contributed by atoms with Crippen molar-refractivity contribution in [1.29, 1.82) is 0 Å². The van der Waals surface area contributed by atoms with Crippen molar-refractivity contribution < 1.29 is 9.84 Å². The van der Waals surface area contributed by atoms with Gasteiger partial charge in [-0.25, -0.2) is 0 Å². The zero-order valence-corrected chi connectivity index (χ0v) is 7.12. The SMILES string of the molecule is CC1(O)CSCCCCO1. The molecule has 0 radical (unpaired) electrons. The van der Waals surface area contributed by atoms with Crippen molar-refractivity contribution in [2.75, 3.05) is 18.1 Å². The molecule has 0 aromatic rings. The van der Waals surface area contributed by atoms with Gasteiger partial charge in [0.05, 0.1) is 6.61 Å². The highest BCUT2D eigenvalue weighted by Crippen LogP contribution is 2.19. The van der Waals surface area contributed by atoms with Gasteiger partial charge in [0.25, 0.3) is 0 Å². The molecular formula is C7H14O2S. The van der Waals surface area contributed by atoms with Gasteiger partial charge in [0, 0.05) is 5.75 Å². The van der Waals surface area contributed by atoms with E-state index in [9.17, 15) is 5.11 Å². The molecule has 0 amide bonds. The summed E-state index contributed by atoms with van der Waals surface area (Å²) in [6, 6.07) is 0. The van der Waals surface area contributed by atoms with Gasteiger partial charge in [0.15, 0.2) is 5.79 Å². The number of ether oxygens (including phenoxy) is 1. The molecule has 0 aromatic heterocycles. The van der Waals surface area contributed by atoms with Crippen LogP contribution >= 0.6 is 11.8 Å². The second kappa shape index (κ2) is 3.60. The van der Waals surface area contributed by atoms with Crippen molar-refractivity contribution in [2.24, 2.45) is 0 Å². The van der Waals surface area contributed by atoms with E-state index in [4.69, 9.17) is 4.74 Å². The van der Waals surface area contributed by atoms with Crippen LogP contribution < -0.4 is 0 Å². The highest BCUT2D eigenvalue weighted by molar-refractivity contribution is 7.99. The van der Waals surface area contributed by atoms with Gasteiger partial charge in [-0.2, -0.15) is 11.8 Å². The Balaban J connectivity index is 2.30. The van der Waals surface area contributed by atoms with Crippen LogP contribution in [0.4, 0.5) is 0 Å². The fourth-order valence-corrected chi connectivity index (χ4v) is 1.92. The van der Waals surface area contributed by atoms with E-state index < -0.39 is 5.79 Å². The summed E-state index contributed by atoms with van der Waals surface area (Å²) in [5, 5.41) is 9.44. The third-order valence-corrected chi connectivity index (χ3v) is 2.78. The molecule has 1 heterocycles. The minimum absolute atomic E-state index is 0.701. The van der Waals surface area contributed by atoms with Gasteiger partial charge in [-0.15, -0.1) is 0 Å². The Kier molecular flexibility index (Phi) is 3.01. The van der Waals surface area contributed by atoms with Crippen LogP contribution in [0.1, 0.15) is 19.8 Å². The molecule has 1 aliphatic heterocycles. The first-order valence-electron chi connectivity index (χ1n) is 3.65. The molecule has 3 heteroatoms. The van der Waals surface area contributed by atoms with Crippen LogP contribution in [0.5, 0.6) is 0 Å².